The number of nitrogens with zero attached hydrogens (tertiary/aromatic N) is 4. The van der Waals surface area contributed by atoms with Crippen LogP contribution in [0.4, 0.5) is 0 Å². The van der Waals surface area contributed by atoms with Crippen molar-refractivity contribution in [2.75, 3.05) is 13.1 Å². The van der Waals surface area contributed by atoms with E-state index in [1.807, 2.05) is 20.0 Å². The maximum atomic E-state index is 12.9. The highest BCUT2D eigenvalue weighted by Crippen LogP contribution is 2.34. The zero-order valence-corrected chi connectivity index (χ0v) is 15.6. The Morgan fingerprint density at radius 3 is 2.46 bits per heavy atom. The van der Waals surface area contributed by atoms with Crippen LogP contribution in [0.1, 0.15) is 53.0 Å². The van der Waals surface area contributed by atoms with Gasteiger partial charge in [0.1, 0.15) is 5.69 Å². The molecule has 1 aliphatic rings. The Bertz CT molecular complexity index is 825. The van der Waals surface area contributed by atoms with Crippen LogP contribution in [-0.2, 0) is 11.8 Å². The average molecular weight is 355 g/mol. The molecular formula is C19H25N5O2. The molecule has 0 bridgehead atoms. The third kappa shape index (κ3) is 3.21. The highest BCUT2D eigenvalue weighted by atomic mass is 16.2. The monoisotopic (exact) mass is 355 g/mol. The van der Waals surface area contributed by atoms with Crippen molar-refractivity contribution in [2.45, 2.75) is 32.6 Å². The molecule has 1 saturated heterocycles. The van der Waals surface area contributed by atoms with Gasteiger partial charge in [-0.15, -0.1) is 0 Å². The Hall–Kier alpha value is -2.70. The summed E-state index contributed by atoms with van der Waals surface area (Å²) < 4.78 is 1.77. The third-order valence-electron chi connectivity index (χ3n) is 5.32. The van der Waals surface area contributed by atoms with Crippen molar-refractivity contribution in [3.05, 3.63) is 47.0 Å². The number of aryl methyl sites for hydroxylation is 1. The number of nitrogens with two attached hydrogens (primary N) is 1. The lowest BCUT2D eigenvalue weighted by Gasteiger charge is -2.16. The van der Waals surface area contributed by atoms with Crippen LogP contribution < -0.4 is 5.73 Å². The topological polar surface area (TPSA) is 94.1 Å². The number of carbonyl (C=O) groups is 2. The van der Waals surface area contributed by atoms with Crippen molar-refractivity contribution >= 4 is 11.8 Å². The van der Waals surface area contributed by atoms with Gasteiger partial charge in [-0.25, -0.2) is 0 Å². The standard InChI is InChI=1S/C19H25N5O2/c1-11(2)13-5-6-17(21-7-13)19(26)24-9-15(16(10-24)18(20)25)14-8-22-23(4)12(14)3/h5-8,11,15-16H,9-10H2,1-4H3,(H2,20,25)/t15-,16+/m1/s1. The minimum atomic E-state index is -0.420. The number of hydrogen-bond acceptors (Lipinski definition) is 4. The van der Waals surface area contributed by atoms with E-state index in [0.29, 0.717) is 24.7 Å². The van der Waals surface area contributed by atoms with Gasteiger partial charge in [0.2, 0.25) is 5.91 Å². The van der Waals surface area contributed by atoms with Crippen LogP contribution in [0.25, 0.3) is 0 Å². The van der Waals surface area contributed by atoms with Crippen molar-refractivity contribution < 1.29 is 9.59 Å². The van der Waals surface area contributed by atoms with E-state index in [1.54, 1.807) is 28.0 Å². The van der Waals surface area contributed by atoms with Gasteiger partial charge >= 0.3 is 0 Å². The Morgan fingerprint density at radius 1 is 1.23 bits per heavy atom. The van der Waals surface area contributed by atoms with Crippen LogP contribution in [0.2, 0.25) is 0 Å². The summed E-state index contributed by atoms with van der Waals surface area (Å²) in [6.45, 7) is 6.86. The van der Waals surface area contributed by atoms with Gasteiger partial charge in [0.25, 0.3) is 5.91 Å². The molecule has 3 heterocycles. The number of likely N-dealkylation sites (tertiary alicyclic amines) is 1. The molecule has 1 fully saturated rings. The molecule has 138 valence electrons. The normalized spacial score (nSPS) is 20.0. The second-order valence-corrected chi connectivity index (χ2v) is 7.27. The molecule has 7 heteroatoms. The smallest absolute Gasteiger partial charge is 0.272 e. The van der Waals surface area contributed by atoms with Crippen molar-refractivity contribution in [3.63, 3.8) is 0 Å². The summed E-state index contributed by atoms with van der Waals surface area (Å²) in [5.41, 5.74) is 9.04. The number of hydrogen-bond donors (Lipinski definition) is 1. The largest absolute Gasteiger partial charge is 0.369 e. The van der Waals surface area contributed by atoms with E-state index < -0.39 is 11.8 Å². The first-order valence-corrected chi connectivity index (χ1v) is 8.82. The molecule has 7 nitrogen and oxygen atoms in total. The fourth-order valence-corrected chi connectivity index (χ4v) is 3.49. The molecule has 2 aromatic rings. The Morgan fingerprint density at radius 2 is 1.96 bits per heavy atom. The fourth-order valence-electron chi connectivity index (χ4n) is 3.49. The summed E-state index contributed by atoms with van der Waals surface area (Å²) in [5, 5.41) is 4.26. The van der Waals surface area contributed by atoms with Crippen LogP contribution >= 0.6 is 0 Å². The van der Waals surface area contributed by atoms with E-state index in [0.717, 1.165) is 16.8 Å². The van der Waals surface area contributed by atoms with Crippen LogP contribution in [0.15, 0.2) is 24.5 Å². The van der Waals surface area contributed by atoms with Gasteiger partial charge in [0, 0.05) is 37.9 Å². The molecule has 26 heavy (non-hydrogen) atoms. The van der Waals surface area contributed by atoms with E-state index in [9.17, 15) is 9.59 Å². The average Bonchev–Trinajstić information content (AvgIpc) is 3.19. The van der Waals surface area contributed by atoms with Crippen LogP contribution in [0.5, 0.6) is 0 Å². The molecular weight excluding hydrogens is 330 g/mol. The third-order valence-corrected chi connectivity index (χ3v) is 5.32. The van der Waals surface area contributed by atoms with E-state index >= 15 is 0 Å². The molecule has 0 aromatic carbocycles. The van der Waals surface area contributed by atoms with Gasteiger partial charge in [-0.05, 0) is 30.0 Å². The summed E-state index contributed by atoms with van der Waals surface area (Å²) in [5.74, 6) is -0.764. The molecule has 0 spiro atoms. The number of pyridine rings is 1. The first kappa shape index (κ1) is 18.1. The summed E-state index contributed by atoms with van der Waals surface area (Å²) in [4.78, 5) is 30.8. The van der Waals surface area contributed by atoms with Crippen molar-refractivity contribution in [1.82, 2.24) is 19.7 Å². The van der Waals surface area contributed by atoms with Crippen molar-refractivity contribution in [2.24, 2.45) is 18.7 Å². The van der Waals surface area contributed by atoms with Gasteiger partial charge in [0.15, 0.2) is 0 Å². The predicted octanol–water partition coefficient (Wildman–Crippen LogP) is 1.59. The molecule has 3 rings (SSSR count). The lowest BCUT2D eigenvalue weighted by atomic mass is 9.89. The lowest BCUT2D eigenvalue weighted by molar-refractivity contribution is -0.121. The van der Waals surface area contributed by atoms with Gasteiger partial charge < -0.3 is 10.6 Å². The molecule has 0 aliphatic carbocycles. The van der Waals surface area contributed by atoms with E-state index in [2.05, 4.69) is 23.9 Å². The van der Waals surface area contributed by atoms with Crippen LogP contribution in [0, 0.1) is 12.8 Å². The molecule has 0 radical (unpaired) electrons. The van der Waals surface area contributed by atoms with Gasteiger partial charge in [-0.3, -0.25) is 19.3 Å². The van der Waals surface area contributed by atoms with Gasteiger partial charge in [-0.1, -0.05) is 19.9 Å². The maximum Gasteiger partial charge on any atom is 0.272 e. The highest BCUT2D eigenvalue weighted by molar-refractivity contribution is 5.93. The van der Waals surface area contributed by atoms with Crippen molar-refractivity contribution in [3.8, 4) is 0 Å². The molecule has 0 unspecified atom stereocenters. The molecule has 2 amide bonds. The SMILES string of the molecule is Cc1c([C@H]2CN(C(=O)c3ccc(C(C)C)cn3)C[C@@H]2C(N)=O)cnn1C. The highest BCUT2D eigenvalue weighted by Gasteiger charge is 2.41. The summed E-state index contributed by atoms with van der Waals surface area (Å²) in [7, 11) is 1.86. The molecule has 1 aliphatic heterocycles. The van der Waals surface area contributed by atoms with E-state index in [-0.39, 0.29) is 11.8 Å². The fraction of sp³-hybridized carbons (Fsp3) is 0.474. The minimum absolute atomic E-state index is 0.139. The Labute approximate surface area is 153 Å². The second-order valence-electron chi connectivity index (χ2n) is 7.27. The zero-order valence-electron chi connectivity index (χ0n) is 15.6. The first-order valence-electron chi connectivity index (χ1n) is 8.82. The zero-order chi connectivity index (χ0) is 19.0. The number of aromatic nitrogens is 3. The number of amides is 2. The number of rotatable bonds is 4. The van der Waals surface area contributed by atoms with Crippen LogP contribution in [-0.4, -0.2) is 44.6 Å². The predicted molar refractivity (Wildman–Crippen MR) is 97.6 cm³/mol. The summed E-state index contributed by atoms with van der Waals surface area (Å²) >= 11 is 0. The van der Waals surface area contributed by atoms with E-state index in [4.69, 9.17) is 5.73 Å². The number of primary amides is 1. The minimum Gasteiger partial charge on any atom is -0.369 e. The molecule has 0 saturated carbocycles. The first-order chi connectivity index (χ1) is 12.3. The molecule has 2 atom stereocenters. The van der Waals surface area contributed by atoms with E-state index in [1.165, 1.54) is 0 Å². The molecule has 2 N–H and O–H groups in total. The Balaban J connectivity index is 1.84. The molecule has 2 aromatic heterocycles. The van der Waals surface area contributed by atoms with Gasteiger partial charge in [-0.2, -0.15) is 5.10 Å². The summed E-state index contributed by atoms with van der Waals surface area (Å²) in [6.07, 6.45) is 3.50. The Kier molecular flexibility index (Phi) is 4.80. The van der Waals surface area contributed by atoms with Gasteiger partial charge in [0.05, 0.1) is 12.1 Å². The maximum absolute atomic E-state index is 12.9. The summed E-state index contributed by atoms with van der Waals surface area (Å²) in [6, 6.07) is 3.68. The second kappa shape index (κ2) is 6.90. The quantitative estimate of drug-likeness (QED) is 0.901. The lowest BCUT2D eigenvalue weighted by Crippen LogP contribution is -2.32. The van der Waals surface area contributed by atoms with Crippen LogP contribution in [0.3, 0.4) is 0 Å². The van der Waals surface area contributed by atoms with Crippen molar-refractivity contribution in [1.29, 1.82) is 0 Å². The number of carbonyl (C=O) groups excluding carboxylic acids is 2.